The first-order chi connectivity index (χ1) is 9.92. The molecule has 0 aromatic carbocycles. The molecule has 0 aliphatic carbocycles. The van der Waals surface area contributed by atoms with E-state index in [2.05, 4.69) is 43.0 Å². The van der Waals surface area contributed by atoms with Crippen LogP contribution in [0.3, 0.4) is 0 Å². The van der Waals surface area contributed by atoms with Crippen LogP contribution < -0.4 is 5.32 Å². The van der Waals surface area contributed by atoms with Crippen molar-refractivity contribution in [1.82, 2.24) is 20.0 Å². The third-order valence-electron chi connectivity index (χ3n) is 4.34. The molecule has 0 saturated carbocycles. The summed E-state index contributed by atoms with van der Waals surface area (Å²) in [5, 5.41) is 9.03. The van der Waals surface area contributed by atoms with Gasteiger partial charge in [0, 0.05) is 38.3 Å². The molecular formula is C16H29ClN4. The van der Waals surface area contributed by atoms with E-state index in [9.17, 15) is 0 Å². The molecule has 21 heavy (non-hydrogen) atoms. The monoisotopic (exact) mass is 312 g/mol. The van der Waals surface area contributed by atoms with E-state index in [-0.39, 0.29) is 0 Å². The van der Waals surface area contributed by atoms with E-state index < -0.39 is 0 Å². The van der Waals surface area contributed by atoms with E-state index in [1.807, 2.05) is 11.6 Å². The Morgan fingerprint density at radius 2 is 2.14 bits per heavy atom. The van der Waals surface area contributed by atoms with Crippen molar-refractivity contribution in [3.05, 3.63) is 16.4 Å². The number of nitrogens with zero attached hydrogens (tertiary/aromatic N) is 3. The van der Waals surface area contributed by atoms with Crippen LogP contribution in [0, 0.1) is 12.8 Å². The third-order valence-corrected chi connectivity index (χ3v) is 4.83. The highest BCUT2D eigenvalue weighted by atomic mass is 35.5. The van der Waals surface area contributed by atoms with E-state index in [1.54, 1.807) is 0 Å². The average Bonchev–Trinajstić information content (AvgIpc) is 2.69. The van der Waals surface area contributed by atoms with Crippen molar-refractivity contribution in [1.29, 1.82) is 0 Å². The van der Waals surface area contributed by atoms with Gasteiger partial charge in [-0.15, -0.1) is 0 Å². The number of aromatic nitrogens is 2. The summed E-state index contributed by atoms with van der Waals surface area (Å²) < 4.78 is 2.05. The summed E-state index contributed by atoms with van der Waals surface area (Å²) in [6, 6.07) is 1.11. The number of piperazine rings is 1. The molecule has 5 heteroatoms. The van der Waals surface area contributed by atoms with E-state index in [1.165, 1.54) is 6.42 Å². The van der Waals surface area contributed by atoms with Crippen molar-refractivity contribution >= 4 is 11.6 Å². The lowest BCUT2D eigenvalue weighted by molar-refractivity contribution is 0.121. The fraction of sp³-hybridized carbons (Fsp3) is 0.812. The molecule has 1 aromatic heterocycles. The average molecular weight is 313 g/mol. The number of aryl methyl sites for hydroxylation is 2. The molecule has 2 unspecified atom stereocenters. The molecule has 0 spiro atoms. The number of halogens is 1. The molecule has 1 N–H and O–H groups in total. The first kappa shape index (κ1) is 16.8. The van der Waals surface area contributed by atoms with Crippen LogP contribution >= 0.6 is 11.6 Å². The molecule has 1 aromatic rings. The third kappa shape index (κ3) is 3.99. The molecule has 0 bridgehead atoms. The van der Waals surface area contributed by atoms with Crippen LogP contribution in [0.25, 0.3) is 0 Å². The van der Waals surface area contributed by atoms with Gasteiger partial charge >= 0.3 is 0 Å². The maximum Gasteiger partial charge on any atom is 0.0860 e. The fourth-order valence-corrected chi connectivity index (χ4v) is 3.35. The maximum atomic E-state index is 6.45. The van der Waals surface area contributed by atoms with Gasteiger partial charge in [0.1, 0.15) is 0 Å². The largest absolute Gasteiger partial charge is 0.311 e. The summed E-state index contributed by atoms with van der Waals surface area (Å²) in [6.07, 6.45) is 1.23. The number of rotatable bonds is 5. The fourth-order valence-electron chi connectivity index (χ4n) is 3.15. The van der Waals surface area contributed by atoms with Gasteiger partial charge in [0.05, 0.1) is 16.4 Å². The predicted molar refractivity (Wildman–Crippen MR) is 88.8 cm³/mol. The molecule has 1 saturated heterocycles. The first-order valence-corrected chi connectivity index (χ1v) is 8.49. The Morgan fingerprint density at radius 3 is 2.76 bits per heavy atom. The molecule has 2 rings (SSSR count). The van der Waals surface area contributed by atoms with Crippen molar-refractivity contribution < 1.29 is 0 Å². The molecule has 1 aliphatic heterocycles. The van der Waals surface area contributed by atoms with Crippen molar-refractivity contribution in [2.24, 2.45) is 5.92 Å². The van der Waals surface area contributed by atoms with Crippen LogP contribution in [0.2, 0.25) is 5.02 Å². The molecular weight excluding hydrogens is 284 g/mol. The lowest BCUT2D eigenvalue weighted by atomic mass is 10.00. The minimum Gasteiger partial charge on any atom is -0.311 e. The van der Waals surface area contributed by atoms with E-state index in [0.717, 1.165) is 48.5 Å². The molecule has 2 heterocycles. The maximum absolute atomic E-state index is 6.45. The Kier molecular flexibility index (Phi) is 5.69. The van der Waals surface area contributed by atoms with E-state index >= 15 is 0 Å². The lowest BCUT2D eigenvalue weighted by Gasteiger charge is -2.39. The van der Waals surface area contributed by atoms with Crippen LogP contribution in [0.4, 0.5) is 0 Å². The van der Waals surface area contributed by atoms with Gasteiger partial charge in [-0.25, -0.2) is 0 Å². The molecule has 2 atom stereocenters. The van der Waals surface area contributed by atoms with Crippen molar-refractivity contribution in [3.63, 3.8) is 0 Å². The zero-order valence-electron chi connectivity index (χ0n) is 14.0. The van der Waals surface area contributed by atoms with Gasteiger partial charge in [0.25, 0.3) is 0 Å². The Morgan fingerprint density at radius 1 is 1.43 bits per heavy atom. The van der Waals surface area contributed by atoms with Crippen LogP contribution in [0.5, 0.6) is 0 Å². The quantitative estimate of drug-likeness (QED) is 0.907. The summed E-state index contributed by atoms with van der Waals surface area (Å²) in [4.78, 5) is 2.54. The minimum atomic E-state index is 0.532. The van der Waals surface area contributed by atoms with Crippen LogP contribution in [0.15, 0.2) is 0 Å². The highest BCUT2D eigenvalue weighted by molar-refractivity contribution is 6.31. The summed E-state index contributed by atoms with van der Waals surface area (Å²) >= 11 is 6.45. The van der Waals surface area contributed by atoms with Crippen molar-refractivity contribution in [3.8, 4) is 0 Å². The standard InChI is InChI=1S/C16H29ClN4/c1-6-21-15(16(17)13(5)19-21)10-20-9-14(7-11(2)3)18-8-12(20)4/h11-12,14,18H,6-10H2,1-5H3. The second kappa shape index (κ2) is 7.12. The summed E-state index contributed by atoms with van der Waals surface area (Å²) in [6.45, 7) is 14.9. The molecule has 120 valence electrons. The molecule has 0 radical (unpaired) electrons. The minimum absolute atomic E-state index is 0.532. The Labute approximate surface area is 133 Å². The summed E-state index contributed by atoms with van der Waals surface area (Å²) in [5.74, 6) is 0.727. The smallest absolute Gasteiger partial charge is 0.0860 e. The molecule has 1 fully saturated rings. The van der Waals surface area contributed by atoms with Crippen LogP contribution in [-0.4, -0.2) is 39.9 Å². The number of hydrogen-bond donors (Lipinski definition) is 1. The van der Waals surface area contributed by atoms with Gasteiger partial charge in [-0.3, -0.25) is 9.58 Å². The normalized spacial score (nSPS) is 24.0. The Balaban J connectivity index is 2.10. The zero-order chi connectivity index (χ0) is 15.6. The Hall–Kier alpha value is -0.580. The van der Waals surface area contributed by atoms with Gasteiger partial charge in [0.2, 0.25) is 0 Å². The van der Waals surface area contributed by atoms with Crippen LogP contribution in [0.1, 0.15) is 45.5 Å². The Bertz CT molecular complexity index is 469. The van der Waals surface area contributed by atoms with Crippen molar-refractivity contribution in [2.45, 2.75) is 66.2 Å². The number of hydrogen-bond acceptors (Lipinski definition) is 3. The molecule has 1 aliphatic rings. The number of nitrogens with one attached hydrogen (secondary N) is 1. The highest BCUT2D eigenvalue weighted by Crippen LogP contribution is 2.24. The van der Waals surface area contributed by atoms with Gasteiger partial charge < -0.3 is 5.32 Å². The predicted octanol–water partition coefficient (Wildman–Crippen LogP) is 3.07. The van der Waals surface area contributed by atoms with Gasteiger partial charge in [0.15, 0.2) is 0 Å². The zero-order valence-corrected chi connectivity index (χ0v) is 14.7. The first-order valence-electron chi connectivity index (χ1n) is 8.11. The molecule has 4 nitrogen and oxygen atoms in total. The van der Waals surface area contributed by atoms with Gasteiger partial charge in [-0.1, -0.05) is 25.4 Å². The van der Waals surface area contributed by atoms with E-state index in [4.69, 9.17) is 11.6 Å². The SMILES string of the molecule is CCn1nc(C)c(Cl)c1CN1CC(CC(C)C)NCC1C. The van der Waals surface area contributed by atoms with E-state index in [0.29, 0.717) is 12.1 Å². The topological polar surface area (TPSA) is 33.1 Å². The molecule has 0 amide bonds. The second-order valence-corrected chi connectivity index (χ2v) is 7.05. The lowest BCUT2D eigenvalue weighted by Crippen LogP contribution is -2.55. The van der Waals surface area contributed by atoms with Crippen molar-refractivity contribution in [2.75, 3.05) is 13.1 Å². The highest BCUT2D eigenvalue weighted by Gasteiger charge is 2.27. The van der Waals surface area contributed by atoms with Crippen LogP contribution in [-0.2, 0) is 13.1 Å². The summed E-state index contributed by atoms with van der Waals surface area (Å²) in [7, 11) is 0. The van der Waals surface area contributed by atoms with Gasteiger partial charge in [-0.05, 0) is 33.1 Å². The van der Waals surface area contributed by atoms with Gasteiger partial charge in [-0.2, -0.15) is 5.10 Å². The summed E-state index contributed by atoms with van der Waals surface area (Å²) in [5.41, 5.74) is 2.10. The second-order valence-electron chi connectivity index (χ2n) is 6.68.